The molecule has 2 aliphatic rings. The Hall–Kier alpha value is -0.670. The van der Waals surface area contributed by atoms with Gasteiger partial charge in [-0.25, -0.2) is 4.79 Å². The zero-order chi connectivity index (χ0) is 17.0. The lowest BCUT2D eigenvalue weighted by Gasteiger charge is -2.26. The van der Waals surface area contributed by atoms with E-state index in [-0.39, 0.29) is 24.3 Å². The molecular formula is C15H22O6S2. The van der Waals surface area contributed by atoms with Gasteiger partial charge in [0, 0.05) is 6.08 Å². The SMILES string of the molecule is COC(=O)/C=C/CC[C@H]1O[C@@H]2OC(C)(C)O[C@@H]2[C@H]1OC(=S)SC. The van der Waals surface area contributed by atoms with Crippen LogP contribution < -0.4 is 0 Å². The van der Waals surface area contributed by atoms with Crippen molar-refractivity contribution in [1.82, 2.24) is 0 Å². The van der Waals surface area contributed by atoms with Crippen molar-refractivity contribution in [2.75, 3.05) is 13.4 Å². The van der Waals surface area contributed by atoms with Gasteiger partial charge in [0.25, 0.3) is 0 Å². The van der Waals surface area contributed by atoms with Crippen LogP contribution in [0.2, 0.25) is 0 Å². The molecule has 0 aliphatic carbocycles. The van der Waals surface area contributed by atoms with Gasteiger partial charge in [0.1, 0.15) is 6.10 Å². The van der Waals surface area contributed by atoms with E-state index in [0.29, 0.717) is 17.2 Å². The first-order valence-corrected chi connectivity index (χ1v) is 9.00. The second kappa shape index (κ2) is 7.94. The Morgan fingerprint density at radius 3 is 2.78 bits per heavy atom. The van der Waals surface area contributed by atoms with Crippen LogP contribution in [0, 0.1) is 0 Å². The highest BCUT2D eigenvalue weighted by atomic mass is 32.2. The fourth-order valence-electron chi connectivity index (χ4n) is 2.59. The van der Waals surface area contributed by atoms with Crippen LogP contribution in [-0.4, -0.2) is 54.1 Å². The van der Waals surface area contributed by atoms with Gasteiger partial charge >= 0.3 is 5.97 Å². The van der Waals surface area contributed by atoms with Crippen molar-refractivity contribution in [3.8, 4) is 0 Å². The minimum absolute atomic E-state index is 0.214. The molecule has 0 N–H and O–H groups in total. The van der Waals surface area contributed by atoms with E-state index in [2.05, 4.69) is 4.74 Å². The second-order valence-electron chi connectivity index (χ2n) is 5.68. The van der Waals surface area contributed by atoms with E-state index in [1.165, 1.54) is 24.9 Å². The molecule has 0 aromatic heterocycles. The van der Waals surface area contributed by atoms with Crippen LogP contribution in [0.4, 0.5) is 0 Å². The number of thiocarbonyl (C=S) groups is 1. The molecule has 0 aromatic rings. The van der Waals surface area contributed by atoms with Crippen molar-refractivity contribution in [3.05, 3.63) is 12.2 Å². The fraction of sp³-hybridized carbons (Fsp3) is 0.733. The van der Waals surface area contributed by atoms with E-state index in [9.17, 15) is 4.79 Å². The van der Waals surface area contributed by atoms with E-state index in [4.69, 9.17) is 31.2 Å². The van der Waals surface area contributed by atoms with Gasteiger partial charge in [0.2, 0.25) is 4.38 Å². The van der Waals surface area contributed by atoms with Gasteiger partial charge < -0.3 is 23.7 Å². The van der Waals surface area contributed by atoms with Gasteiger partial charge in [-0.1, -0.05) is 17.8 Å². The predicted molar refractivity (Wildman–Crippen MR) is 90.1 cm³/mol. The summed E-state index contributed by atoms with van der Waals surface area (Å²) in [5.74, 6) is -1.08. The first kappa shape index (κ1) is 18.7. The number of thioether (sulfide) groups is 1. The van der Waals surface area contributed by atoms with Crippen LogP contribution in [0.15, 0.2) is 12.2 Å². The number of allylic oxidation sites excluding steroid dienone is 1. The van der Waals surface area contributed by atoms with E-state index < -0.39 is 12.1 Å². The average molecular weight is 362 g/mol. The molecule has 2 aliphatic heterocycles. The minimum Gasteiger partial charge on any atom is -0.469 e. The summed E-state index contributed by atoms with van der Waals surface area (Å²) in [6, 6.07) is 0. The molecular weight excluding hydrogens is 340 g/mol. The van der Waals surface area contributed by atoms with Crippen molar-refractivity contribution < 1.29 is 28.5 Å². The first-order chi connectivity index (χ1) is 10.9. The Bertz CT molecular complexity index is 479. The van der Waals surface area contributed by atoms with Gasteiger partial charge in [0.15, 0.2) is 24.3 Å². The van der Waals surface area contributed by atoms with E-state index >= 15 is 0 Å². The Balaban J connectivity index is 1.96. The van der Waals surface area contributed by atoms with Crippen LogP contribution >= 0.6 is 24.0 Å². The predicted octanol–water partition coefficient (Wildman–Crippen LogP) is 2.41. The number of esters is 1. The Labute approximate surface area is 145 Å². The normalized spacial score (nSPS) is 32.0. The molecule has 0 radical (unpaired) electrons. The third-order valence-corrected chi connectivity index (χ3v) is 4.58. The number of carbonyl (C=O) groups excluding carboxylic acids is 1. The molecule has 0 unspecified atom stereocenters. The molecule has 2 fully saturated rings. The molecule has 6 nitrogen and oxygen atoms in total. The van der Waals surface area contributed by atoms with Crippen molar-refractivity contribution in [2.45, 2.75) is 57.1 Å². The van der Waals surface area contributed by atoms with Crippen LogP contribution in [0.3, 0.4) is 0 Å². The minimum atomic E-state index is -0.701. The standard InChI is InChI=1S/C15H22O6S2/c1-15(2)20-12-11(19-14(22)23-4)9(18-13(12)21-15)7-5-6-8-10(16)17-3/h6,8-9,11-13H,5,7H2,1-4H3/b8-6+/t9-,11+,12-,13-/m1/s1. The molecule has 0 amide bonds. The second-order valence-corrected chi connectivity index (χ2v) is 7.09. The van der Waals surface area contributed by atoms with E-state index in [0.717, 1.165) is 0 Å². The number of ether oxygens (including phenoxy) is 5. The Kier molecular flexibility index (Phi) is 6.44. The quantitative estimate of drug-likeness (QED) is 0.420. The highest BCUT2D eigenvalue weighted by Gasteiger charge is 2.55. The summed E-state index contributed by atoms with van der Waals surface area (Å²) in [5.41, 5.74) is 0. The number of methoxy groups -OCH3 is 1. The van der Waals surface area contributed by atoms with Gasteiger partial charge in [0.05, 0.1) is 7.11 Å². The molecule has 23 heavy (non-hydrogen) atoms. The summed E-state index contributed by atoms with van der Waals surface area (Å²) >= 11 is 6.53. The number of hydrogen-bond donors (Lipinski definition) is 0. The van der Waals surface area contributed by atoms with Gasteiger partial charge in [-0.2, -0.15) is 0 Å². The van der Waals surface area contributed by atoms with Crippen molar-refractivity contribution in [2.24, 2.45) is 0 Å². The Morgan fingerprint density at radius 1 is 1.39 bits per heavy atom. The fourth-order valence-corrected chi connectivity index (χ4v) is 2.91. The smallest absolute Gasteiger partial charge is 0.330 e. The van der Waals surface area contributed by atoms with E-state index in [1.807, 2.05) is 20.1 Å². The number of rotatable bonds is 5. The lowest BCUT2D eigenvalue weighted by molar-refractivity contribution is -0.214. The van der Waals surface area contributed by atoms with Crippen LogP contribution in [0.25, 0.3) is 0 Å². The number of carbonyl (C=O) groups is 1. The molecule has 0 saturated carbocycles. The third kappa shape index (κ3) is 4.90. The summed E-state index contributed by atoms with van der Waals surface area (Å²) in [7, 11) is 1.34. The van der Waals surface area contributed by atoms with Crippen LogP contribution in [-0.2, 0) is 28.5 Å². The summed E-state index contributed by atoms with van der Waals surface area (Å²) in [5, 5.41) is 0. The third-order valence-electron chi connectivity index (χ3n) is 3.56. The van der Waals surface area contributed by atoms with Gasteiger partial charge in [-0.05, 0) is 45.2 Å². The number of fused-ring (bicyclic) bond motifs is 1. The highest BCUT2D eigenvalue weighted by molar-refractivity contribution is 8.22. The van der Waals surface area contributed by atoms with Crippen LogP contribution in [0.5, 0.6) is 0 Å². The summed E-state index contributed by atoms with van der Waals surface area (Å²) in [4.78, 5) is 11.1. The highest BCUT2D eigenvalue weighted by Crippen LogP contribution is 2.40. The zero-order valence-electron chi connectivity index (χ0n) is 13.6. The maximum absolute atomic E-state index is 11.1. The van der Waals surface area contributed by atoms with Crippen molar-refractivity contribution >= 4 is 34.3 Å². The zero-order valence-corrected chi connectivity index (χ0v) is 15.3. The van der Waals surface area contributed by atoms with Gasteiger partial charge in [-0.3, -0.25) is 0 Å². The number of hydrogen-bond acceptors (Lipinski definition) is 8. The molecule has 2 heterocycles. The molecule has 0 aromatic carbocycles. The summed E-state index contributed by atoms with van der Waals surface area (Å²) in [6.07, 6.45) is 5.00. The molecule has 8 heteroatoms. The summed E-state index contributed by atoms with van der Waals surface area (Å²) < 4.78 is 28.4. The molecule has 130 valence electrons. The lowest BCUT2D eigenvalue weighted by Crippen LogP contribution is -2.37. The maximum Gasteiger partial charge on any atom is 0.330 e. The summed E-state index contributed by atoms with van der Waals surface area (Å²) in [6.45, 7) is 3.68. The van der Waals surface area contributed by atoms with E-state index in [1.54, 1.807) is 6.08 Å². The monoisotopic (exact) mass is 362 g/mol. The van der Waals surface area contributed by atoms with Crippen LogP contribution in [0.1, 0.15) is 26.7 Å². The molecule has 2 rings (SSSR count). The average Bonchev–Trinajstić information content (AvgIpc) is 2.96. The molecule has 2 saturated heterocycles. The van der Waals surface area contributed by atoms with Crippen molar-refractivity contribution in [1.29, 1.82) is 0 Å². The lowest BCUT2D eigenvalue weighted by atomic mass is 10.1. The molecule has 0 bridgehead atoms. The first-order valence-electron chi connectivity index (χ1n) is 7.36. The Morgan fingerprint density at radius 2 is 2.13 bits per heavy atom. The largest absolute Gasteiger partial charge is 0.469 e. The molecule has 0 spiro atoms. The maximum atomic E-state index is 11.1. The van der Waals surface area contributed by atoms with Crippen molar-refractivity contribution in [3.63, 3.8) is 0 Å². The van der Waals surface area contributed by atoms with Gasteiger partial charge in [-0.15, -0.1) is 0 Å². The topological polar surface area (TPSA) is 63.2 Å². The molecule has 4 atom stereocenters.